The van der Waals surface area contributed by atoms with Crippen LogP contribution in [0.25, 0.3) is 0 Å². The molecule has 4 nitrogen and oxygen atoms in total. The molecule has 2 unspecified atom stereocenters. The van der Waals surface area contributed by atoms with Gasteiger partial charge in [0.2, 0.25) is 0 Å². The molecule has 0 spiro atoms. The number of nitrogens with zero attached hydrogens (tertiary/aromatic N) is 3. The van der Waals surface area contributed by atoms with Crippen LogP contribution in [0.2, 0.25) is 0 Å². The van der Waals surface area contributed by atoms with Crippen molar-refractivity contribution in [2.45, 2.75) is 26.7 Å². The fourth-order valence-corrected chi connectivity index (χ4v) is 2.57. The van der Waals surface area contributed by atoms with Gasteiger partial charge in [0, 0.05) is 19.0 Å². The standard InChI is InChI=1S/C11H17N3O/c1-6(2)10-12-11(15-13-10)14-4-8-7(3)9(8)5-14/h6-9H,4-5H2,1-3H3/t7?,8-,9?/m0/s1. The maximum Gasteiger partial charge on any atom is 0.324 e. The number of aromatic nitrogens is 2. The van der Waals surface area contributed by atoms with Crippen LogP contribution in [-0.4, -0.2) is 23.2 Å². The third-order valence-corrected chi connectivity index (χ3v) is 3.84. The molecule has 3 rings (SSSR count). The minimum absolute atomic E-state index is 0.346. The summed E-state index contributed by atoms with van der Waals surface area (Å²) in [6.45, 7) is 8.70. The van der Waals surface area contributed by atoms with Gasteiger partial charge in [0.25, 0.3) is 0 Å². The minimum atomic E-state index is 0.346. The Morgan fingerprint density at radius 3 is 2.53 bits per heavy atom. The predicted molar refractivity (Wildman–Crippen MR) is 56.7 cm³/mol. The van der Waals surface area contributed by atoms with E-state index in [1.807, 2.05) is 0 Å². The van der Waals surface area contributed by atoms with Crippen LogP contribution < -0.4 is 4.90 Å². The molecule has 1 aromatic heterocycles. The maximum atomic E-state index is 5.28. The third-order valence-electron chi connectivity index (χ3n) is 3.84. The van der Waals surface area contributed by atoms with E-state index < -0.39 is 0 Å². The van der Waals surface area contributed by atoms with Gasteiger partial charge in [-0.15, -0.1) is 0 Å². The first-order valence-electron chi connectivity index (χ1n) is 5.75. The van der Waals surface area contributed by atoms with Gasteiger partial charge in [0.1, 0.15) is 0 Å². The normalized spacial score (nSPS) is 33.6. The lowest BCUT2D eigenvalue weighted by Crippen LogP contribution is -2.23. The number of hydrogen-bond acceptors (Lipinski definition) is 4. The zero-order chi connectivity index (χ0) is 10.6. The lowest BCUT2D eigenvalue weighted by Gasteiger charge is -2.14. The minimum Gasteiger partial charge on any atom is -0.324 e. The van der Waals surface area contributed by atoms with Crippen molar-refractivity contribution < 1.29 is 4.52 Å². The average Bonchev–Trinajstić information content (AvgIpc) is 2.70. The average molecular weight is 207 g/mol. The van der Waals surface area contributed by atoms with Crippen molar-refractivity contribution >= 4 is 6.01 Å². The third kappa shape index (κ3) is 1.34. The molecule has 1 aliphatic heterocycles. The summed E-state index contributed by atoms with van der Waals surface area (Å²) in [4.78, 5) is 6.65. The zero-order valence-corrected chi connectivity index (χ0v) is 9.47. The quantitative estimate of drug-likeness (QED) is 0.742. The Balaban J connectivity index is 1.72. The molecule has 82 valence electrons. The molecular formula is C11H17N3O. The highest BCUT2D eigenvalue weighted by molar-refractivity contribution is 5.32. The Morgan fingerprint density at radius 1 is 1.33 bits per heavy atom. The first-order valence-corrected chi connectivity index (χ1v) is 5.75. The molecule has 2 fully saturated rings. The molecule has 1 saturated heterocycles. The van der Waals surface area contributed by atoms with E-state index in [0.29, 0.717) is 5.92 Å². The van der Waals surface area contributed by atoms with Crippen molar-refractivity contribution in [3.05, 3.63) is 5.82 Å². The van der Waals surface area contributed by atoms with E-state index in [9.17, 15) is 0 Å². The van der Waals surface area contributed by atoms with E-state index in [2.05, 4.69) is 35.8 Å². The number of fused-ring (bicyclic) bond motifs is 1. The molecule has 1 aromatic rings. The molecule has 15 heavy (non-hydrogen) atoms. The monoisotopic (exact) mass is 207 g/mol. The molecule has 1 saturated carbocycles. The molecule has 0 radical (unpaired) electrons. The van der Waals surface area contributed by atoms with Gasteiger partial charge in [-0.1, -0.05) is 25.9 Å². The van der Waals surface area contributed by atoms with Gasteiger partial charge >= 0.3 is 6.01 Å². The molecule has 3 atom stereocenters. The van der Waals surface area contributed by atoms with Gasteiger partial charge in [0.15, 0.2) is 5.82 Å². The van der Waals surface area contributed by atoms with Gasteiger partial charge in [-0.05, 0) is 17.8 Å². The van der Waals surface area contributed by atoms with Gasteiger partial charge in [-0.25, -0.2) is 0 Å². The van der Waals surface area contributed by atoms with Gasteiger partial charge in [-0.2, -0.15) is 4.98 Å². The number of rotatable bonds is 2. The Hall–Kier alpha value is -1.06. The topological polar surface area (TPSA) is 42.2 Å². The number of hydrogen-bond donors (Lipinski definition) is 0. The Morgan fingerprint density at radius 2 is 2.00 bits per heavy atom. The van der Waals surface area contributed by atoms with Crippen molar-refractivity contribution in [2.75, 3.05) is 18.0 Å². The summed E-state index contributed by atoms with van der Waals surface area (Å²) in [6, 6.07) is 0.720. The van der Waals surface area contributed by atoms with Crippen LogP contribution in [0, 0.1) is 17.8 Å². The van der Waals surface area contributed by atoms with Gasteiger partial charge < -0.3 is 9.42 Å². The van der Waals surface area contributed by atoms with Crippen LogP contribution in [0.3, 0.4) is 0 Å². The van der Waals surface area contributed by atoms with Crippen molar-refractivity contribution in [1.82, 2.24) is 10.1 Å². The number of anilines is 1. The predicted octanol–water partition coefficient (Wildman–Crippen LogP) is 1.90. The van der Waals surface area contributed by atoms with E-state index in [-0.39, 0.29) is 0 Å². The Kier molecular flexibility index (Phi) is 1.82. The number of piperidine rings is 1. The van der Waals surface area contributed by atoms with E-state index in [1.54, 1.807) is 0 Å². The molecule has 4 heteroatoms. The van der Waals surface area contributed by atoms with E-state index in [1.165, 1.54) is 0 Å². The summed E-state index contributed by atoms with van der Waals surface area (Å²) >= 11 is 0. The highest BCUT2D eigenvalue weighted by Gasteiger charge is 2.53. The second kappa shape index (κ2) is 2.97. The van der Waals surface area contributed by atoms with Crippen LogP contribution in [0.1, 0.15) is 32.5 Å². The summed E-state index contributed by atoms with van der Waals surface area (Å²) in [5.74, 6) is 3.82. The van der Waals surface area contributed by atoms with E-state index in [4.69, 9.17) is 4.52 Å². The van der Waals surface area contributed by atoms with Gasteiger partial charge in [0.05, 0.1) is 0 Å². The van der Waals surface area contributed by atoms with Crippen molar-refractivity contribution in [3.8, 4) is 0 Å². The maximum absolute atomic E-state index is 5.28. The largest absolute Gasteiger partial charge is 0.324 e. The summed E-state index contributed by atoms with van der Waals surface area (Å²) < 4.78 is 5.28. The first kappa shape index (κ1) is 9.19. The van der Waals surface area contributed by atoms with E-state index >= 15 is 0 Å². The smallest absolute Gasteiger partial charge is 0.324 e. The highest BCUT2D eigenvalue weighted by Crippen LogP contribution is 2.51. The van der Waals surface area contributed by atoms with Crippen LogP contribution >= 0.6 is 0 Å². The molecule has 0 aromatic carbocycles. The second-order valence-electron chi connectivity index (χ2n) is 5.18. The molecule has 0 bridgehead atoms. The summed E-state index contributed by atoms with van der Waals surface area (Å²) in [6.07, 6.45) is 0. The molecular weight excluding hydrogens is 190 g/mol. The van der Waals surface area contributed by atoms with Crippen LogP contribution in [-0.2, 0) is 0 Å². The van der Waals surface area contributed by atoms with Crippen LogP contribution in [0.15, 0.2) is 4.52 Å². The van der Waals surface area contributed by atoms with E-state index in [0.717, 1.165) is 42.7 Å². The van der Waals surface area contributed by atoms with Crippen molar-refractivity contribution in [3.63, 3.8) is 0 Å². The Labute approximate surface area is 89.6 Å². The van der Waals surface area contributed by atoms with Crippen molar-refractivity contribution in [2.24, 2.45) is 17.8 Å². The SMILES string of the molecule is CC(C)c1noc(N2CC3C(C)[C@@H]3C2)n1. The fourth-order valence-electron chi connectivity index (χ4n) is 2.57. The van der Waals surface area contributed by atoms with Crippen LogP contribution in [0.5, 0.6) is 0 Å². The molecule has 0 amide bonds. The molecule has 2 aliphatic rings. The molecule has 1 aliphatic carbocycles. The first-order chi connectivity index (χ1) is 7.16. The summed E-state index contributed by atoms with van der Waals surface area (Å²) in [5, 5.41) is 3.99. The second-order valence-corrected chi connectivity index (χ2v) is 5.18. The Bertz CT molecular complexity index is 362. The highest BCUT2D eigenvalue weighted by atomic mass is 16.5. The molecule has 0 N–H and O–H groups in total. The van der Waals surface area contributed by atoms with Crippen LogP contribution in [0.4, 0.5) is 6.01 Å². The summed E-state index contributed by atoms with van der Waals surface area (Å²) in [5.41, 5.74) is 0. The lowest BCUT2D eigenvalue weighted by molar-refractivity contribution is 0.403. The molecule has 2 heterocycles. The summed E-state index contributed by atoms with van der Waals surface area (Å²) in [7, 11) is 0. The fraction of sp³-hybridized carbons (Fsp3) is 0.818. The van der Waals surface area contributed by atoms with Crippen molar-refractivity contribution in [1.29, 1.82) is 0 Å². The van der Waals surface area contributed by atoms with Gasteiger partial charge in [-0.3, -0.25) is 0 Å². The lowest BCUT2D eigenvalue weighted by atomic mass is 10.2. The zero-order valence-electron chi connectivity index (χ0n) is 9.47.